The minimum atomic E-state index is 0.644. The van der Waals surface area contributed by atoms with Crippen LogP contribution in [0.5, 0.6) is 0 Å². The Morgan fingerprint density at radius 1 is 1.50 bits per heavy atom. The zero-order chi connectivity index (χ0) is 8.81. The summed E-state index contributed by atoms with van der Waals surface area (Å²) in [5.74, 6) is 0.696. The van der Waals surface area contributed by atoms with E-state index in [1.165, 1.54) is 19.3 Å². The minimum Gasteiger partial charge on any atom is -0.383 e. The molecule has 0 aromatic heterocycles. The van der Waals surface area contributed by atoms with Gasteiger partial charge in [-0.2, -0.15) is 0 Å². The van der Waals surface area contributed by atoms with Crippen LogP contribution in [0.25, 0.3) is 0 Å². The number of nitrogens with one attached hydrogen (secondary N) is 1. The highest BCUT2D eigenvalue weighted by molar-refractivity contribution is 4.83. The van der Waals surface area contributed by atoms with Gasteiger partial charge in [0.1, 0.15) is 0 Å². The van der Waals surface area contributed by atoms with Crippen molar-refractivity contribution in [1.29, 1.82) is 0 Å². The van der Waals surface area contributed by atoms with Gasteiger partial charge in [-0.15, -0.1) is 0 Å². The van der Waals surface area contributed by atoms with Gasteiger partial charge in [0.25, 0.3) is 0 Å². The number of methoxy groups -OCH3 is 1. The first-order chi connectivity index (χ1) is 5.88. The molecule has 2 unspecified atom stereocenters. The molecule has 1 saturated carbocycles. The summed E-state index contributed by atoms with van der Waals surface area (Å²) in [5.41, 5.74) is 5.66. The van der Waals surface area contributed by atoms with Gasteiger partial charge in [0.05, 0.1) is 6.61 Å². The molecule has 0 bridgehead atoms. The van der Waals surface area contributed by atoms with Crippen LogP contribution in [0.3, 0.4) is 0 Å². The lowest BCUT2D eigenvalue weighted by Gasteiger charge is -2.18. The molecule has 12 heavy (non-hydrogen) atoms. The third-order valence-electron chi connectivity index (χ3n) is 2.67. The normalized spacial score (nSPS) is 29.5. The third kappa shape index (κ3) is 2.73. The summed E-state index contributed by atoms with van der Waals surface area (Å²) in [6.45, 7) is 2.58. The van der Waals surface area contributed by atoms with E-state index in [1.807, 2.05) is 0 Å². The van der Waals surface area contributed by atoms with Crippen LogP contribution in [0.15, 0.2) is 0 Å². The first kappa shape index (κ1) is 9.96. The van der Waals surface area contributed by atoms with Gasteiger partial charge in [-0.05, 0) is 25.3 Å². The fraction of sp³-hybridized carbons (Fsp3) is 1.00. The SMILES string of the molecule is COCCNC1CCCC1CN. The van der Waals surface area contributed by atoms with E-state index in [4.69, 9.17) is 10.5 Å². The summed E-state index contributed by atoms with van der Waals surface area (Å²) in [6, 6.07) is 0.644. The van der Waals surface area contributed by atoms with Crippen LogP contribution >= 0.6 is 0 Å². The van der Waals surface area contributed by atoms with Crippen LogP contribution in [0.1, 0.15) is 19.3 Å². The predicted octanol–water partition coefficient (Wildman–Crippen LogP) is 0.350. The molecule has 1 fully saturated rings. The maximum atomic E-state index is 5.66. The lowest BCUT2D eigenvalue weighted by molar-refractivity contribution is 0.193. The van der Waals surface area contributed by atoms with E-state index in [0.717, 1.165) is 19.7 Å². The largest absolute Gasteiger partial charge is 0.383 e. The third-order valence-corrected chi connectivity index (χ3v) is 2.67. The average Bonchev–Trinajstić information content (AvgIpc) is 2.52. The Morgan fingerprint density at radius 3 is 3.00 bits per heavy atom. The maximum Gasteiger partial charge on any atom is 0.0587 e. The fourth-order valence-corrected chi connectivity index (χ4v) is 1.93. The van der Waals surface area contributed by atoms with E-state index in [9.17, 15) is 0 Å². The Morgan fingerprint density at radius 2 is 2.33 bits per heavy atom. The Labute approximate surface area is 74.7 Å². The van der Waals surface area contributed by atoms with Gasteiger partial charge in [-0.1, -0.05) is 6.42 Å². The highest BCUT2D eigenvalue weighted by atomic mass is 16.5. The van der Waals surface area contributed by atoms with Crippen molar-refractivity contribution < 1.29 is 4.74 Å². The summed E-state index contributed by atoms with van der Waals surface area (Å²) in [6.07, 6.45) is 3.90. The molecule has 1 rings (SSSR count). The topological polar surface area (TPSA) is 47.3 Å². The number of hydrogen-bond donors (Lipinski definition) is 2. The van der Waals surface area contributed by atoms with Crippen molar-refractivity contribution in [3.8, 4) is 0 Å². The molecular formula is C9H20N2O. The van der Waals surface area contributed by atoms with E-state index in [2.05, 4.69) is 5.32 Å². The second-order valence-corrected chi connectivity index (χ2v) is 3.48. The lowest BCUT2D eigenvalue weighted by atomic mass is 10.0. The van der Waals surface area contributed by atoms with Gasteiger partial charge in [-0.25, -0.2) is 0 Å². The molecule has 3 nitrogen and oxygen atoms in total. The summed E-state index contributed by atoms with van der Waals surface area (Å²) >= 11 is 0. The molecule has 3 N–H and O–H groups in total. The molecule has 0 aliphatic heterocycles. The van der Waals surface area contributed by atoms with Crippen molar-refractivity contribution in [3.63, 3.8) is 0 Å². The Bertz CT molecular complexity index is 119. The summed E-state index contributed by atoms with van der Waals surface area (Å²) < 4.78 is 4.98. The number of hydrogen-bond acceptors (Lipinski definition) is 3. The van der Waals surface area contributed by atoms with Crippen LogP contribution in [0.2, 0.25) is 0 Å². The standard InChI is InChI=1S/C9H20N2O/c1-12-6-5-11-9-4-2-3-8(9)7-10/h8-9,11H,2-7,10H2,1H3. The minimum absolute atomic E-state index is 0.644. The lowest BCUT2D eigenvalue weighted by Crippen LogP contribution is -2.37. The van der Waals surface area contributed by atoms with E-state index in [1.54, 1.807) is 7.11 Å². The summed E-state index contributed by atoms with van der Waals surface area (Å²) in [4.78, 5) is 0. The van der Waals surface area contributed by atoms with Gasteiger partial charge in [0.2, 0.25) is 0 Å². The molecule has 0 saturated heterocycles. The van der Waals surface area contributed by atoms with Gasteiger partial charge in [0, 0.05) is 19.7 Å². The summed E-state index contributed by atoms with van der Waals surface area (Å²) in [7, 11) is 1.73. The second-order valence-electron chi connectivity index (χ2n) is 3.48. The van der Waals surface area contributed by atoms with Gasteiger partial charge in [0.15, 0.2) is 0 Å². The second kappa shape index (κ2) is 5.51. The molecule has 0 amide bonds. The zero-order valence-corrected chi connectivity index (χ0v) is 7.88. The quantitative estimate of drug-likeness (QED) is 0.588. The number of ether oxygens (including phenoxy) is 1. The Balaban J connectivity index is 2.12. The maximum absolute atomic E-state index is 5.66. The molecule has 0 aromatic carbocycles. The molecular weight excluding hydrogens is 152 g/mol. The molecule has 1 aliphatic carbocycles. The number of rotatable bonds is 5. The van der Waals surface area contributed by atoms with Crippen molar-refractivity contribution >= 4 is 0 Å². The van der Waals surface area contributed by atoms with Crippen molar-refractivity contribution in [1.82, 2.24) is 5.32 Å². The van der Waals surface area contributed by atoms with Crippen LogP contribution in [-0.4, -0.2) is 32.8 Å². The molecule has 2 atom stereocenters. The van der Waals surface area contributed by atoms with E-state index < -0.39 is 0 Å². The first-order valence-corrected chi connectivity index (χ1v) is 4.81. The summed E-state index contributed by atoms with van der Waals surface area (Å²) in [5, 5.41) is 3.48. The predicted molar refractivity (Wildman–Crippen MR) is 50.1 cm³/mol. The Kier molecular flexibility index (Phi) is 4.58. The zero-order valence-electron chi connectivity index (χ0n) is 7.88. The molecule has 1 aliphatic rings. The number of nitrogens with two attached hydrogens (primary N) is 1. The van der Waals surface area contributed by atoms with Crippen molar-refractivity contribution in [3.05, 3.63) is 0 Å². The van der Waals surface area contributed by atoms with Gasteiger partial charge in [-0.3, -0.25) is 0 Å². The average molecular weight is 172 g/mol. The van der Waals surface area contributed by atoms with E-state index in [-0.39, 0.29) is 0 Å². The first-order valence-electron chi connectivity index (χ1n) is 4.81. The molecule has 0 heterocycles. The molecule has 72 valence electrons. The van der Waals surface area contributed by atoms with E-state index in [0.29, 0.717) is 12.0 Å². The van der Waals surface area contributed by atoms with Gasteiger partial charge >= 0.3 is 0 Å². The van der Waals surface area contributed by atoms with E-state index >= 15 is 0 Å². The monoisotopic (exact) mass is 172 g/mol. The molecule has 0 spiro atoms. The molecule has 0 radical (unpaired) electrons. The molecule has 0 aromatic rings. The highest BCUT2D eigenvalue weighted by Gasteiger charge is 2.24. The Hall–Kier alpha value is -0.120. The van der Waals surface area contributed by atoms with Crippen LogP contribution in [0, 0.1) is 5.92 Å². The van der Waals surface area contributed by atoms with Crippen LogP contribution in [0.4, 0.5) is 0 Å². The van der Waals surface area contributed by atoms with Crippen molar-refractivity contribution in [2.75, 3.05) is 26.8 Å². The van der Waals surface area contributed by atoms with Gasteiger partial charge < -0.3 is 15.8 Å². The fourth-order valence-electron chi connectivity index (χ4n) is 1.93. The smallest absolute Gasteiger partial charge is 0.0587 e. The van der Waals surface area contributed by atoms with Crippen molar-refractivity contribution in [2.24, 2.45) is 11.7 Å². The van der Waals surface area contributed by atoms with Crippen LogP contribution < -0.4 is 11.1 Å². The van der Waals surface area contributed by atoms with Crippen LogP contribution in [-0.2, 0) is 4.74 Å². The van der Waals surface area contributed by atoms with Crippen molar-refractivity contribution in [2.45, 2.75) is 25.3 Å². The highest BCUT2D eigenvalue weighted by Crippen LogP contribution is 2.24. The molecule has 3 heteroatoms.